The third-order valence-corrected chi connectivity index (χ3v) is 2.77. The van der Waals surface area contributed by atoms with E-state index >= 15 is 0 Å². The molecule has 0 saturated heterocycles. The van der Waals surface area contributed by atoms with Crippen molar-refractivity contribution in [2.24, 2.45) is 0 Å². The van der Waals surface area contributed by atoms with E-state index in [1.807, 2.05) is 24.3 Å². The molecule has 0 aliphatic carbocycles. The highest BCUT2D eigenvalue weighted by Crippen LogP contribution is 2.25. The molecule has 0 aromatic heterocycles. The topological polar surface area (TPSA) is 40.5 Å². The summed E-state index contributed by atoms with van der Waals surface area (Å²) in [5.74, 6) is 2.09. The maximum atomic E-state index is 12.1. The molecule has 2 rings (SSSR count). The first kappa shape index (κ1) is 12.0. The molecule has 0 unspecified atom stereocenters. The van der Waals surface area contributed by atoms with Crippen molar-refractivity contribution in [2.75, 3.05) is 13.6 Å². The number of hydrogen-bond donors (Lipinski definition) is 1. The van der Waals surface area contributed by atoms with Crippen LogP contribution < -0.4 is 0 Å². The molecule has 3 nitrogen and oxygen atoms in total. The van der Waals surface area contributed by atoms with Crippen molar-refractivity contribution in [3.8, 4) is 18.1 Å². The molecule has 0 aliphatic heterocycles. The van der Waals surface area contributed by atoms with Gasteiger partial charge in [-0.15, -0.1) is 6.42 Å². The third-order valence-electron chi connectivity index (χ3n) is 2.77. The second kappa shape index (κ2) is 4.80. The Labute approximate surface area is 106 Å². The maximum absolute atomic E-state index is 12.1. The molecule has 18 heavy (non-hydrogen) atoms. The third kappa shape index (κ3) is 2.14. The summed E-state index contributed by atoms with van der Waals surface area (Å²) in [4.78, 5) is 13.5. The molecule has 2 aromatic carbocycles. The number of phenolic OH excluding ortho intramolecular Hbond substituents is 1. The number of aromatic hydroxyl groups is 1. The fourth-order valence-electron chi connectivity index (χ4n) is 1.81. The van der Waals surface area contributed by atoms with E-state index in [1.54, 1.807) is 19.2 Å². The minimum absolute atomic E-state index is 0.0254. The van der Waals surface area contributed by atoms with E-state index in [0.29, 0.717) is 0 Å². The lowest BCUT2D eigenvalue weighted by Gasteiger charge is -2.15. The van der Waals surface area contributed by atoms with Crippen LogP contribution in [0.25, 0.3) is 10.8 Å². The van der Waals surface area contributed by atoms with E-state index in [0.717, 1.165) is 10.8 Å². The van der Waals surface area contributed by atoms with E-state index in [1.165, 1.54) is 4.90 Å². The highest BCUT2D eigenvalue weighted by atomic mass is 16.3. The first-order chi connectivity index (χ1) is 8.63. The Balaban J connectivity index is 2.48. The fraction of sp³-hybridized carbons (Fsp3) is 0.133. The van der Waals surface area contributed by atoms with Crippen LogP contribution in [0.5, 0.6) is 5.75 Å². The van der Waals surface area contributed by atoms with Crippen molar-refractivity contribution in [2.45, 2.75) is 0 Å². The number of carbonyl (C=O) groups is 1. The normalized spacial score (nSPS) is 10.0. The van der Waals surface area contributed by atoms with Crippen LogP contribution in [0.2, 0.25) is 0 Å². The van der Waals surface area contributed by atoms with Crippen LogP contribution in [0.15, 0.2) is 36.4 Å². The number of phenols is 1. The highest BCUT2D eigenvalue weighted by molar-refractivity contribution is 6.01. The number of benzene rings is 2. The second-order valence-electron chi connectivity index (χ2n) is 4.08. The Morgan fingerprint density at radius 1 is 1.33 bits per heavy atom. The van der Waals surface area contributed by atoms with Gasteiger partial charge in [-0.1, -0.05) is 30.2 Å². The molecule has 90 valence electrons. The lowest BCUT2D eigenvalue weighted by atomic mass is 10.1. The predicted molar refractivity (Wildman–Crippen MR) is 71.4 cm³/mol. The van der Waals surface area contributed by atoms with Gasteiger partial charge < -0.3 is 10.0 Å². The summed E-state index contributed by atoms with van der Waals surface area (Å²) >= 11 is 0. The Bertz CT molecular complexity index is 640. The number of terminal acetylenes is 1. The second-order valence-corrected chi connectivity index (χ2v) is 4.08. The lowest BCUT2D eigenvalue weighted by Crippen LogP contribution is -2.26. The van der Waals surface area contributed by atoms with E-state index < -0.39 is 0 Å². The zero-order chi connectivity index (χ0) is 13.1. The van der Waals surface area contributed by atoms with Crippen LogP contribution in [0.1, 0.15) is 10.4 Å². The molecule has 1 amide bonds. The Hall–Kier alpha value is -2.47. The number of nitrogens with zero attached hydrogens (tertiary/aromatic N) is 1. The number of hydrogen-bond acceptors (Lipinski definition) is 2. The van der Waals surface area contributed by atoms with Gasteiger partial charge in [-0.25, -0.2) is 0 Å². The zero-order valence-electron chi connectivity index (χ0n) is 10.1. The predicted octanol–water partition coefficient (Wildman–Crippen LogP) is 2.25. The molecule has 0 heterocycles. The van der Waals surface area contributed by atoms with Gasteiger partial charge in [-0.3, -0.25) is 4.79 Å². The highest BCUT2D eigenvalue weighted by Gasteiger charge is 2.15. The largest absolute Gasteiger partial charge is 0.507 e. The summed E-state index contributed by atoms with van der Waals surface area (Å²) in [5, 5.41) is 11.7. The molecular weight excluding hydrogens is 226 g/mol. The molecule has 3 heteroatoms. The quantitative estimate of drug-likeness (QED) is 0.816. The van der Waals surface area contributed by atoms with Crippen LogP contribution >= 0.6 is 0 Å². The molecule has 2 aromatic rings. The summed E-state index contributed by atoms with van der Waals surface area (Å²) in [7, 11) is 1.61. The average molecular weight is 239 g/mol. The number of fused-ring (bicyclic) bond motifs is 1. The van der Waals surface area contributed by atoms with Gasteiger partial charge in [0.05, 0.1) is 12.1 Å². The van der Waals surface area contributed by atoms with Crippen LogP contribution in [0.4, 0.5) is 0 Å². The van der Waals surface area contributed by atoms with E-state index in [-0.39, 0.29) is 23.8 Å². The van der Waals surface area contributed by atoms with Crippen molar-refractivity contribution in [1.82, 2.24) is 4.90 Å². The van der Waals surface area contributed by atoms with Gasteiger partial charge in [0.1, 0.15) is 5.75 Å². The first-order valence-corrected chi connectivity index (χ1v) is 5.54. The zero-order valence-corrected chi connectivity index (χ0v) is 10.1. The molecule has 0 fully saturated rings. The Morgan fingerprint density at radius 3 is 2.56 bits per heavy atom. The molecular formula is C15H13NO2. The summed E-state index contributed by atoms with van der Waals surface area (Å²) < 4.78 is 0. The van der Waals surface area contributed by atoms with Crippen LogP contribution in [-0.4, -0.2) is 29.5 Å². The van der Waals surface area contributed by atoms with Crippen LogP contribution in [0, 0.1) is 12.3 Å². The van der Waals surface area contributed by atoms with Gasteiger partial charge in [0.25, 0.3) is 5.91 Å². The molecule has 0 aliphatic rings. The Kier molecular flexibility index (Phi) is 3.20. The smallest absolute Gasteiger partial charge is 0.258 e. The van der Waals surface area contributed by atoms with E-state index in [4.69, 9.17) is 6.42 Å². The lowest BCUT2D eigenvalue weighted by molar-refractivity contribution is 0.0810. The average Bonchev–Trinajstić information content (AvgIpc) is 2.37. The maximum Gasteiger partial charge on any atom is 0.258 e. The SMILES string of the molecule is C#CCN(C)C(=O)c1cc2ccccc2cc1O. The van der Waals surface area contributed by atoms with Gasteiger partial charge in [0, 0.05) is 7.05 Å². The summed E-state index contributed by atoms with van der Waals surface area (Å²) in [6, 6.07) is 10.8. The van der Waals surface area contributed by atoms with Gasteiger partial charge in [-0.05, 0) is 22.9 Å². The van der Waals surface area contributed by atoms with Crippen molar-refractivity contribution in [3.05, 3.63) is 42.0 Å². The van der Waals surface area contributed by atoms with Crippen LogP contribution in [0.3, 0.4) is 0 Å². The van der Waals surface area contributed by atoms with Gasteiger partial charge >= 0.3 is 0 Å². The van der Waals surface area contributed by atoms with E-state index in [9.17, 15) is 9.90 Å². The fourth-order valence-corrected chi connectivity index (χ4v) is 1.81. The molecule has 1 N–H and O–H groups in total. The minimum atomic E-state index is -0.281. The summed E-state index contributed by atoms with van der Waals surface area (Å²) in [5.41, 5.74) is 0.270. The molecule has 0 radical (unpaired) electrons. The number of carbonyl (C=O) groups excluding carboxylic acids is 1. The number of rotatable bonds is 2. The monoisotopic (exact) mass is 239 g/mol. The Morgan fingerprint density at radius 2 is 1.94 bits per heavy atom. The van der Waals surface area contributed by atoms with Gasteiger partial charge in [0.2, 0.25) is 0 Å². The van der Waals surface area contributed by atoms with Crippen molar-refractivity contribution in [1.29, 1.82) is 0 Å². The van der Waals surface area contributed by atoms with E-state index in [2.05, 4.69) is 5.92 Å². The minimum Gasteiger partial charge on any atom is -0.507 e. The molecule has 0 bridgehead atoms. The number of amides is 1. The summed E-state index contributed by atoms with van der Waals surface area (Å²) in [6.07, 6.45) is 5.17. The van der Waals surface area contributed by atoms with Crippen molar-refractivity contribution in [3.63, 3.8) is 0 Å². The first-order valence-electron chi connectivity index (χ1n) is 5.54. The van der Waals surface area contributed by atoms with Crippen molar-refractivity contribution >= 4 is 16.7 Å². The molecule has 0 spiro atoms. The standard InChI is InChI=1S/C15H13NO2/c1-3-8-16(2)15(18)13-9-11-6-4-5-7-12(11)10-14(13)17/h1,4-7,9-10,17H,8H2,2H3. The molecule has 0 saturated carbocycles. The summed E-state index contributed by atoms with van der Waals surface area (Å²) in [6.45, 7) is 0.213. The molecule has 0 atom stereocenters. The van der Waals surface area contributed by atoms with Crippen LogP contribution in [-0.2, 0) is 0 Å². The van der Waals surface area contributed by atoms with Gasteiger partial charge in [-0.2, -0.15) is 0 Å². The van der Waals surface area contributed by atoms with Gasteiger partial charge in [0.15, 0.2) is 0 Å². The van der Waals surface area contributed by atoms with Crippen molar-refractivity contribution < 1.29 is 9.90 Å².